The molecule has 1 atom stereocenters. The van der Waals surface area contributed by atoms with E-state index in [0.29, 0.717) is 28.0 Å². The molecule has 6 rings (SSSR count). The van der Waals surface area contributed by atoms with Crippen molar-refractivity contribution in [2.24, 2.45) is 0 Å². The van der Waals surface area contributed by atoms with E-state index in [-0.39, 0.29) is 59.9 Å². The van der Waals surface area contributed by atoms with Crippen LogP contribution in [0.25, 0.3) is 0 Å². The molecule has 2 aliphatic heterocycles. The van der Waals surface area contributed by atoms with Crippen molar-refractivity contribution in [2.45, 2.75) is 11.0 Å². The van der Waals surface area contributed by atoms with Gasteiger partial charge >= 0.3 is 0 Å². The molecule has 0 radical (unpaired) electrons. The van der Waals surface area contributed by atoms with E-state index in [1.807, 2.05) is 6.07 Å². The van der Waals surface area contributed by atoms with Crippen LogP contribution in [-0.2, 0) is 14.8 Å². The number of halogens is 2. The minimum absolute atomic E-state index is 0.0361. The van der Waals surface area contributed by atoms with Gasteiger partial charge in [-0.3, -0.25) is 14.3 Å². The van der Waals surface area contributed by atoms with Gasteiger partial charge in [0.25, 0.3) is 21.8 Å². The predicted octanol–water partition coefficient (Wildman–Crippen LogP) is 5.71. The zero-order chi connectivity index (χ0) is 31.6. The minimum Gasteiger partial charge on any atom is -0.485 e. The Kier molecular flexibility index (Phi) is 8.75. The summed E-state index contributed by atoms with van der Waals surface area (Å²) in [5.41, 5.74) is 0.163. The van der Waals surface area contributed by atoms with Gasteiger partial charge in [0.2, 0.25) is 6.10 Å². The molecule has 0 aromatic heterocycles. The smallest absolute Gasteiger partial charge is 0.267 e. The molecule has 0 bridgehead atoms. The molecule has 2 heterocycles. The van der Waals surface area contributed by atoms with E-state index >= 15 is 0 Å². The van der Waals surface area contributed by atoms with Crippen molar-refractivity contribution in [3.63, 3.8) is 0 Å². The van der Waals surface area contributed by atoms with Gasteiger partial charge in [0.05, 0.1) is 21.2 Å². The van der Waals surface area contributed by atoms with Gasteiger partial charge in [-0.15, -0.1) is 0 Å². The number of carbonyl (C=O) groups excluding carboxylic acids is 2. The molecule has 2 aliphatic rings. The molecule has 0 spiro atoms. The van der Waals surface area contributed by atoms with E-state index in [0.717, 1.165) is 0 Å². The molecule has 232 valence electrons. The van der Waals surface area contributed by atoms with Gasteiger partial charge in [0, 0.05) is 31.2 Å². The Hall–Kier alpha value is -4.45. The summed E-state index contributed by atoms with van der Waals surface area (Å²) in [5.74, 6) is 1.28. The van der Waals surface area contributed by atoms with E-state index in [1.54, 1.807) is 52.3 Å². The van der Waals surface area contributed by atoms with Gasteiger partial charge in [-0.05, 0) is 66.7 Å². The van der Waals surface area contributed by atoms with Crippen molar-refractivity contribution in [1.29, 1.82) is 0 Å². The van der Waals surface area contributed by atoms with Gasteiger partial charge in [0.1, 0.15) is 18.1 Å². The van der Waals surface area contributed by atoms with E-state index < -0.39 is 22.0 Å². The number of nitrogens with one attached hydrogen (secondary N) is 1. The number of fused-ring (bicyclic) bond motifs is 1. The summed E-state index contributed by atoms with van der Waals surface area (Å²) in [4.78, 5) is 29.9. The quantitative estimate of drug-likeness (QED) is 0.268. The Morgan fingerprint density at radius 3 is 2.22 bits per heavy atom. The van der Waals surface area contributed by atoms with Crippen molar-refractivity contribution in [3.05, 3.63) is 107 Å². The van der Waals surface area contributed by atoms with Gasteiger partial charge < -0.3 is 24.0 Å². The molecule has 1 fully saturated rings. The molecule has 13 heteroatoms. The first-order valence-corrected chi connectivity index (χ1v) is 16.2. The number of hydrogen-bond donors (Lipinski definition) is 1. The van der Waals surface area contributed by atoms with Crippen molar-refractivity contribution in [2.75, 3.05) is 37.5 Å². The van der Waals surface area contributed by atoms with Crippen molar-refractivity contribution >= 4 is 50.7 Å². The molecule has 0 aliphatic carbocycles. The zero-order valence-corrected chi connectivity index (χ0v) is 26.0. The van der Waals surface area contributed by atoms with E-state index in [4.69, 9.17) is 37.4 Å². The van der Waals surface area contributed by atoms with E-state index in [2.05, 4.69) is 4.72 Å². The average Bonchev–Trinajstić information content (AvgIpc) is 3.06. The summed E-state index contributed by atoms with van der Waals surface area (Å²) in [6, 6.07) is 24.2. The fraction of sp³-hybridized carbons (Fsp3) is 0.188. The summed E-state index contributed by atoms with van der Waals surface area (Å²) in [6.07, 6.45) is -0.784. The van der Waals surface area contributed by atoms with Crippen LogP contribution in [0.15, 0.2) is 95.9 Å². The fourth-order valence-corrected chi connectivity index (χ4v) is 6.40. The highest BCUT2D eigenvalue weighted by Crippen LogP contribution is 2.32. The van der Waals surface area contributed by atoms with Gasteiger partial charge in [-0.1, -0.05) is 47.5 Å². The van der Waals surface area contributed by atoms with Crippen molar-refractivity contribution < 1.29 is 32.2 Å². The number of sulfonamides is 1. The second-order valence-electron chi connectivity index (χ2n) is 10.3. The molecule has 2 amide bonds. The Labute approximate surface area is 270 Å². The number of benzene rings is 4. The molecule has 0 saturated carbocycles. The summed E-state index contributed by atoms with van der Waals surface area (Å²) in [7, 11) is -4.09. The summed E-state index contributed by atoms with van der Waals surface area (Å²) in [5, 5.41) is 0.689. The highest BCUT2D eigenvalue weighted by Gasteiger charge is 2.34. The number of hydrogen-bond acceptors (Lipinski definition) is 7. The number of amides is 2. The molecular formula is C32H27Cl2N3O7S. The number of carbonyl (C=O) groups is 2. The molecular weight excluding hydrogens is 641 g/mol. The van der Waals surface area contributed by atoms with Crippen LogP contribution < -0.4 is 18.9 Å². The van der Waals surface area contributed by atoms with Crippen LogP contribution in [0, 0.1) is 0 Å². The lowest BCUT2D eigenvalue weighted by Gasteiger charge is -2.37. The van der Waals surface area contributed by atoms with Crippen LogP contribution in [0.2, 0.25) is 10.0 Å². The highest BCUT2D eigenvalue weighted by molar-refractivity contribution is 7.92. The number of ether oxygens (including phenoxy) is 3. The predicted molar refractivity (Wildman–Crippen MR) is 169 cm³/mol. The fourth-order valence-electron chi connectivity index (χ4n) is 4.97. The maximum Gasteiger partial charge on any atom is 0.267 e. The maximum absolute atomic E-state index is 13.6. The van der Waals surface area contributed by atoms with E-state index in [9.17, 15) is 18.0 Å². The molecule has 10 nitrogen and oxygen atoms in total. The molecule has 4 aromatic carbocycles. The third-order valence-corrected chi connectivity index (χ3v) is 9.25. The average molecular weight is 669 g/mol. The van der Waals surface area contributed by atoms with Crippen LogP contribution in [0.5, 0.6) is 23.0 Å². The van der Waals surface area contributed by atoms with Crippen molar-refractivity contribution in [3.8, 4) is 23.0 Å². The minimum atomic E-state index is -4.09. The van der Waals surface area contributed by atoms with Crippen LogP contribution in [0.3, 0.4) is 0 Å². The SMILES string of the molecule is O=C(c1cc(Cl)ccc1NS(=O)(=O)c1ccc(Oc2ccccc2Cl)cc1)N1CCN(C(=O)[C@@H]2COc3ccccc3O2)CC1. The van der Waals surface area contributed by atoms with Crippen LogP contribution >= 0.6 is 23.2 Å². The molecule has 1 saturated heterocycles. The summed E-state index contributed by atoms with van der Waals surface area (Å²) in [6.45, 7) is 1.12. The molecule has 4 aromatic rings. The Morgan fingerprint density at radius 2 is 1.49 bits per heavy atom. The Bertz CT molecular complexity index is 1850. The number of anilines is 1. The van der Waals surface area contributed by atoms with Crippen molar-refractivity contribution in [1.82, 2.24) is 9.80 Å². The Balaban J connectivity index is 1.11. The maximum atomic E-state index is 13.6. The topological polar surface area (TPSA) is 114 Å². The second-order valence-corrected chi connectivity index (χ2v) is 12.8. The first-order valence-electron chi connectivity index (χ1n) is 14.0. The zero-order valence-electron chi connectivity index (χ0n) is 23.7. The lowest BCUT2D eigenvalue weighted by molar-refractivity contribution is -0.142. The molecule has 0 unspecified atom stereocenters. The van der Waals surface area contributed by atoms with Gasteiger partial charge in [-0.25, -0.2) is 8.42 Å². The third kappa shape index (κ3) is 6.80. The lowest BCUT2D eigenvalue weighted by Crippen LogP contribution is -2.55. The Morgan fingerprint density at radius 1 is 0.822 bits per heavy atom. The highest BCUT2D eigenvalue weighted by atomic mass is 35.5. The molecule has 45 heavy (non-hydrogen) atoms. The molecule has 1 N–H and O–H groups in total. The monoisotopic (exact) mass is 667 g/mol. The van der Waals surface area contributed by atoms with Crippen LogP contribution in [0.1, 0.15) is 10.4 Å². The number of rotatable bonds is 7. The normalized spacial score (nSPS) is 16.2. The number of para-hydroxylation sites is 3. The summed E-state index contributed by atoms with van der Waals surface area (Å²) >= 11 is 12.4. The number of piperazine rings is 1. The summed E-state index contributed by atoms with van der Waals surface area (Å²) < 4.78 is 46.4. The van der Waals surface area contributed by atoms with E-state index in [1.165, 1.54) is 42.5 Å². The first kappa shape index (κ1) is 30.6. The largest absolute Gasteiger partial charge is 0.485 e. The van der Waals surface area contributed by atoms with Crippen LogP contribution in [0.4, 0.5) is 5.69 Å². The third-order valence-electron chi connectivity index (χ3n) is 7.32. The first-order chi connectivity index (χ1) is 21.7. The lowest BCUT2D eigenvalue weighted by atomic mass is 10.1. The van der Waals surface area contributed by atoms with Gasteiger partial charge in [0.15, 0.2) is 11.5 Å². The van der Waals surface area contributed by atoms with Crippen LogP contribution in [-0.4, -0.2) is 68.9 Å². The second kappa shape index (κ2) is 12.9. The van der Waals surface area contributed by atoms with Gasteiger partial charge in [-0.2, -0.15) is 0 Å². The number of nitrogens with zero attached hydrogens (tertiary/aromatic N) is 2. The standard InChI is InChI=1S/C32H27Cl2N3O7S/c33-21-9-14-26(35-45(40,41)23-12-10-22(11-13-23)43-27-6-2-1-5-25(27)34)24(19-21)31(38)36-15-17-37(18-16-36)32(39)30-20-42-28-7-3-4-8-29(28)44-30/h1-14,19,30,35H,15-18,20H2/t30-/m0/s1.